The number of aromatic nitrogens is 2. The van der Waals surface area contributed by atoms with E-state index in [2.05, 4.69) is 20.6 Å². The van der Waals surface area contributed by atoms with Crippen molar-refractivity contribution < 1.29 is 18.3 Å². The Labute approximate surface area is 121 Å². The fourth-order valence-electron chi connectivity index (χ4n) is 2.38. The van der Waals surface area contributed by atoms with Crippen LogP contribution < -0.4 is 10.6 Å². The Morgan fingerprint density at radius 2 is 2.00 bits per heavy atom. The van der Waals surface area contributed by atoms with Gasteiger partial charge in [0.2, 0.25) is 5.95 Å². The van der Waals surface area contributed by atoms with Crippen molar-refractivity contribution >= 4 is 5.95 Å². The first-order chi connectivity index (χ1) is 9.97. The molecule has 1 heterocycles. The van der Waals surface area contributed by atoms with E-state index in [1.165, 1.54) is 0 Å². The number of nitrogens with one attached hydrogen (secondary N) is 2. The van der Waals surface area contributed by atoms with E-state index in [9.17, 15) is 18.3 Å². The van der Waals surface area contributed by atoms with E-state index in [0.29, 0.717) is 13.1 Å². The molecule has 2 rings (SSSR count). The lowest BCUT2D eigenvalue weighted by atomic mass is 9.93. The predicted octanol–water partition coefficient (Wildman–Crippen LogP) is 1.80. The van der Waals surface area contributed by atoms with Gasteiger partial charge in [0.05, 0.1) is 6.10 Å². The molecule has 5 nitrogen and oxygen atoms in total. The first-order valence-corrected chi connectivity index (χ1v) is 7.02. The lowest BCUT2D eigenvalue weighted by Crippen LogP contribution is -2.43. The van der Waals surface area contributed by atoms with Crippen molar-refractivity contribution in [1.29, 1.82) is 0 Å². The minimum Gasteiger partial charge on any atom is -0.392 e. The molecule has 0 saturated heterocycles. The third-order valence-electron chi connectivity index (χ3n) is 3.49. The van der Waals surface area contributed by atoms with Crippen LogP contribution in [0.15, 0.2) is 12.3 Å². The molecular weight excluding hydrogens is 285 g/mol. The summed E-state index contributed by atoms with van der Waals surface area (Å²) in [4.78, 5) is 7.17. The lowest BCUT2D eigenvalue weighted by molar-refractivity contribution is -0.141. The van der Waals surface area contributed by atoms with Gasteiger partial charge in [0.25, 0.3) is 0 Å². The Bertz CT molecular complexity index is 455. The summed E-state index contributed by atoms with van der Waals surface area (Å²) in [5.74, 6) is -0.0455. The molecule has 1 aromatic heterocycles. The second-order valence-electron chi connectivity index (χ2n) is 5.10. The number of alkyl halides is 3. The van der Waals surface area contributed by atoms with Crippen molar-refractivity contribution in [3.8, 4) is 0 Å². The molecule has 118 valence electrons. The monoisotopic (exact) mass is 304 g/mol. The molecule has 0 radical (unpaired) electrons. The predicted molar refractivity (Wildman–Crippen MR) is 71.8 cm³/mol. The highest BCUT2D eigenvalue weighted by Crippen LogP contribution is 2.27. The lowest BCUT2D eigenvalue weighted by Gasteiger charge is -2.28. The van der Waals surface area contributed by atoms with Gasteiger partial charge in [0, 0.05) is 25.3 Å². The van der Waals surface area contributed by atoms with Gasteiger partial charge in [-0.15, -0.1) is 0 Å². The van der Waals surface area contributed by atoms with Gasteiger partial charge < -0.3 is 15.7 Å². The van der Waals surface area contributed by atoms with Crippen LogP contribution in [0.4, 0.5) is 19.1 Å². The highest BCUT2D eigenvalue weighted by molar-refractivity contribution is 5.25. The molecule has 0 bridgehead atoms. The fourth-order valence-corrected chi connectivity index (χ4v) is 2.38. The zero-order chi connectivity index (χ0) is 15.3. The average Bonchev–Trinajstić information content (AvgIpc) is 2.45. The Kier molecular flexibility index (Phi) is 5.35. The van der Waals surface area contributed by atoms with Gasteiger partial charge in [0.1, 0.15) is 5.69 Å². The third-order valence-corrected chi connectivity index (χ3v) is 3.49. The zero-order valence-electron chi connectivity index (χ0n) is 11.5. The standard InChI is InChI=1S/C13H19F3N4O/c14-13(15,16)11-5-6-18-12(20-11)19-8-7-17-9-3-1-2-4-10(9)21/h5-6,9-10,17,21H,1-4,7-8H2,(H,18,19,20). The number of anilines is 1. The first-order valence-electron chi connectivity index (χ1n) is 7.02. The van der Waals surface area contributed by atoms with Gasteiger partial charge in [0.15, 0.2) is 0 Å². The average molecular weight is 304 g/mol. The van der Waals surface area contributed by atoms with Gasteiger partial charge in [-0.3, -0.25) is 0 Å². The summed E-state index contributed by atoms with van der Waals surface area (Å²) in [6.45, 7) is 0.922. The molecule has 1 aliphatic rings. The number of aliphatic hydroxyl groups excluding tert-OH is 1. The summed E-state index contributed by atoms with van der Waals surface area (Å²) in [6.07, 6.45) is 0.0985. The fraction of sp³-hybridized carbons (Fsp3) is 0.692. The largest absolute Gasteiger partial charge is 0.433 e. The molecule has 0 spiro atoms. The first kappa shape index (κ1) is 16.0. The van der Waals surface area contributed by atoms with Gasteiger partial charge >= 0.3 is 6.18 Å². The normalized spacial score (nSPS) is 23.0. The van der Waals surface area contributed by atoms with Crippen molar-refractivity contribution in [2.45, 2.75) is 44.0 Å². The molecule has 1 aliphatic carbocycles. The molecule has 1 saturated carbocycles. The summed E-state index contributed by atoms with van der Waals surface area (Å²) in [5.41, 5.74) is -0.962. The number of rotatable bonds is 5. The van der Waals surface area contributed by atoms with E-state index in [1.807, 2.05) is 0 Å². The topological polar surface area (TPSA) is 70.1 Å². The van der Waals surface area contributed by atoms with Crippen molar-refractivity contribution in [3.63, 3.8) is 0 Å². The molecule has 2 atom stereocenters. The van der Waals surface area contributed by atoms with Crippen LogP contribution in [0.25, 0.3) is 0 Å². The van der Waals surface area contributed by atoms with Crippen LogP contribution in [0.5, 0.6) is 0 Å². The van der Waals surface area contributed by atoms with E-state index in [1.54, 1.807) is 0 Å². The van der Waals surface area contributed by atoms with Crippen molar-refractivity contribution in [3.05, 3.63) is 18.0 Å². The molecule has 1 aromatic rings. The van der Waals surface area contributed by atoms with E-state index in [-0.39, 0.29) is 18.1 Å². The van der Waals surface area contributed by atoms with Gasteiger partial charge in [-0.25, -0.2) is 9.97 Å². The van der Waals surface area contributed by atoms with Gasteiger partial charge in [-0.05, 0) is 18.9 Å². The maximum absolute atomic E-state index is 12.5. The minimum absolute atomic E-state index is 0.0455. The Hall–Kier alpha value is -1.41. The molecule has 0 aromatic carbocycles. The molecule has 0 aliphatic heterocycles. The van der Waals surface area contributed by atoms with Crippen molar-refractivity contribution in [2.24, 2.45) is 0 Å². The van der Waals surface area contributed by atoms with Gasteiger partial charge in [-0.1, -0.05) is 12.8 Å². The van der Waals surface area contributed by atoms with Gasteiger partial charge in [-0.2, -0.15) is 13.2 Å². The van der Waals surface area contributed by atoms with E-state index in [0.717, 1.165) is 37.9 Å². The van der Waals surface area contributed by atoms with Crippen LogP contribution in [0, 0.1) is 0 Å². The summed E-state index contributed by atoms with van der Waals surface area (Å²) in [6, 6.07) is 0.893. The number of hydrogen-bond acceptors (Lipinski definition) is 5. The third kappa shape index (κ3) is 4.82. The van der Waals surface area contributed by atoms with Crippen LogP contribution in [0.1, 0.15) is 31.4 Å². The molecule has 2 unspecified atom stereocenters. The van der Waals surface area contributed by atoms with E-state index < -0.39 is 11.9 Å². The van der Waals surface area contributed by atoms with Crippen LogP contribution in [0.2, 0.25) is 0 Å². The summed E-state index contributed by atoms with van der Waals surface area (Å²) >= 11 is 0. The van der Waals surface area contributed by atoms with E-state index >= 15 is 0 Å². The van der Waals surface area contributed by atoms with Crippen LogP contribution in [-0.4, -0.2) is 40.3 Å². The number of halogens is 3. The van der Waals surface area contributed by atoms with Crippen LogP contribution in [-0.2, 0) is 6.18 Å². The SMILES string of the molecule is OC1CCCCC1NCCNc1nccc(C(F)(F)F)n1. The Balaban J connectivity index is 1.76. The smallest absolute Gasteiger partial charge is 0.392 e. The summed E-state index contributed by atoms with van der Waals surface area (Å²) in [7, 11) is 0. The van der Waals surface area contributed by atoms with Crippen LogP contribution >= 0.6 is 0 Å². The molecule has 21 heavy (non-hydrogen) atoms. The Morgan fingerprint density at radius 3 is 2.71 bits per heavy atom. The van der Waals surface area contributed by atoms with Crippen molar-refractivity contribution in [2.75, 3.05) is 18.4 Å². The summed E-state index contributed by atoms with van der Waals surface area (Å²) in [5, 5.41) is 15.7. The molecule has 1 fully saturated rings. The Morgan fingerprint density at radius 1 is 1.24 bits per heavy atom. The maximum Gasteiger partial charge on any atom is 0.433 e. The number of aliphatic hydroxyl groups is 1. The highest BCUT2D eigenvalue weighted by Gasteiger charge is 2.32. The second kappa shape index (κ2) is 7.04. The molecule has 0 amide bonds. The van der Waals surface area contributed by atoms with E-state index in [4.69, 9.17) is 0 Å². The molecule has 8 heteroatoms. The quantitative estimate of drug-likeness (QED) is 0.724. The molecule has 3 N–H and O–H groups in total. The zero-order valence-corrected chi connectivity index (χ0v) is 11.5. The minimum atomic E-state index is -4.47. The van der Waals surface area contributed by atoms with Crippen LogP contribution in [0.3, 0.4) is 0 Å². The summed E-state index contributed by atoms with van der Waals surface area (Å²) < 4.78 is 37.5. The highest BCUT2D eigenvalue weighted by atomic mass is 19.4. The maximum atomic E-state index is 12.5. The number of hydrogen-bond donors (Lipinski definition) is 3. The number of nitrogens with zero attached hydrogens (tertiary/aromatic N) is 2. The molecular formula is C13H19F3N4O. The second-order valence-corrected chi connectivity index (χ2v) is 5.10. The van der Waals surface area contributed by atoms with Crippen molar-refractivity contribution in [1.82, 2.24) is 15.3 Å².